The van der Waals surface area contributed by atoms with Gasteiger partial charge < -0.3 is 24.4 Å². The zero-order valence-corrected chi connectivity index (χ0v) is 19.6. The molecule has 2 aromatic rings. The number of hydrogen-bond donors (Lipinski definition) is 1. The molecule has 1 atom stereocenters. The Morgan fingerprint density at radius 2 is 1.74 bits per heavy atom. The molecule has 9 heteroatoms. The van der Waals surface area contributed by atoms with E-state index in [1.54, 1.807) is 19.1 Å². The minimum Gasteiger partial charge on any atom is -0.492 e. The molecule has 3 heterocycles. The third-order valence-corrected chi connectivity index (χ3v) is 6.61. The van der Waals surface area contributed by atoms with Gasteiger partial charge in [0.25, 0.3) is 5.91 Å². The molecule has 3 amide bonds. The molecule has 180 valence electrons. The first kappa shape index (κ1) is 22.3. The standard InChI is InChI=1S/C25H30N4O5/c1-3-32-20-7-5-4-6-19(20)28-12-10-27(11-13-28)17-29-23(30)25(2,26-24(29)31)18-8-9-21-22(16-18)34-15-14-33-21/h4-9,16H,3,10-15,17H2,1-2H3,(H,26,31). The number of hydrogen-bond acceptors (Lipinski definition) is 7. The number of anilines is 1. The van der Waals surface area contributed by atoms with Gasteiger partial charge in [-0.05, 0) is 43.7 Å². The van der Waals surface area contributed by atoms with Crippen molar-refractivity contribution >= 4 is 17.6 Å². The highest BCUT2D eigenvalue weighted by atomic mass is 16.6. The molecule has 3 aliphatic rings. The van der Waals surface area contributed by atoms with Crippen molar-refractivity contribution in [3.8, 4) is 17.2 Å². The lowest BCUT2D eigenvalue weighted by Crippen LogP contribution is -2.51. The summed E-state index contributed by atoms with van der Waals surface area (Å²) in [6, 6.07) is 13.0. The second kappa shape index (κ2) is 9.06. The van der Waals surface area contributed by atoms with Crippen molar-refractivity contribution in [2.24, 2.45) is 0 Å². The summed E-state index contributed by atoms with van der Waals surface area (Å²) in [5, 5.41) is 2.89. The topological polar surface area (TPSA) is 83.6 Å². The van der Waals surface area contributed by atoms with Crippen molar-refractivity contribution in [3.63, 3.8) is 0 Å². The first-order valence-corrected chi connectivity index (χ1v) is 11.7. The summed E-state index contributed by atoms with van der Waals surface area (Å²) >= 11 is 0. The molecule has 0 radical (unpaired) electrons. The van der Waals surface area contributed by atoms with E-state index >= 15 is 0 Å². The first-order chi connectivity index (χ1) is 16.5. The van der Waals surface area contributed by atoms with Gasteiger partial charge in [-0.2, -0.15) is 0 Å². The molecule has 9 nitrogen and oxygen atoms in total. The van der Waals surface area contributed by atoms with E-state index in [1.807, 2.05) is 31.2 Å². The molecule has 0 bridgehead atoms. The van der Waals surface area contributed by atoms with Crippen LogP contribution in [-0.4, -0.2) is 74.4 Å². The average Bonchev–Trinajstić information content (AvgIpc) is 3.08. The van der Waals surface area contributed by atoms with Crippen LogP contribution in [0.2, 0.25) is 0 Å². The van der Waals surface area contributed by atoms with Gasteiger partial charge in [-0.25, -0.2) is 9.69 Å². The summed E-state index contributed by atoms with van der Waals surface area (Å²) in [6.45, 7) is 8.58. The molecule has 1 N–H and O–H groups in total. The van der Waals surface area contributed by atoms with Gasteiger partial charge in [0.1, 0.15) is 24.5 Å². The number of imide groups is 1. The Balaban J connectivity index is 1.25. The summed E-state index contributed by atoms with van der Waals surface area (Å²) in [7, 11) is 0. The first-order valence-electron chi connectivity index (χ1n) is 11.7. The van der Waals surface area contributed by atoms with Gasteiger partial charge in [0, 0.05) is 26.2 Å². The molecule has 34 heavy (non-hydrogen) atoms. The summed E-state index contributed by atoms with van der Waals surface area (Å²) in [4.78, 5) is 31.9. The molecular weight excluding hydrogens is 436 g/mol. The van der Waals surface area contributed by atoms with Crippen molar-refractivity contribution in [2.75, 3.05) is 57.6 Å². The second-order valence-corrected chi connectivity index (χ2v) is 8.79. The van der Waals surface area contributed by atoms with E-state index in [1.165, 1.54) is 4.90 Å². The Kier molecular flexibility index (Phi) is 5.95. The van der Waals surface area contributed by atoms with Crippen molar-refractivity contribution in [2.45, 2.75) is 19.4 Å². The highest BCUT2D eigenvalue weighted by Gasteiger charge is 2.49. The van der Waals surface area contributed by atoms with Crippen LogP contribution >= 0.6 is 0 Å². The van der Waals surface area contributed by atoms with E-state index in [9.17, 15) is 9.59 Å². The zero-order valence-electron chi connectivity index (χ0n) is 19.6. The smallest absolute Gasteiger partial charge is 0.326 e. The van der Waals surface area contributed by atoms with E-state index in [4.69, 9.17) is 14.2 Å². The van der Waals surface area contributed by atoms with Gasteiger partial charge >= 0.3 is 6.03 Å². The normalized spacial score (nSPS) is 22.6. The number of carbonyl (C=O) groups is 2. The summed E-state index contributed by atoms with van der Waals surface area (Å²) in [5.74, 6) is 1.85. The van der Waals surface area contributed by atoms with Gasteiger partial charge in [0.15, 0.2) is 11.5 Å². The molecule has 0 spiro atoms. The number of piperazine rings is 1. The highest BCUT2D eigenvalue weighted by Crippen LogP contribution is 2.37. The summed E-state index contributed by atoms with van der Waals surface area (Å²) in [6.07, 6.45) is 0. The minimum atomic E-state index is -1.15. The Morgan fingerprint density at radius 3 is 2.50 bits per heavy atom. The summed E-state index contributed by atoms with van der Waals surface area (Å²) in [5.41, 5.74) is 0.602. The Labute approximate surface area is 199 Å². The van der Waals surface area contributed by atoms with Crippen molar-refractivity contribution in [3.05, 3.63) is 48.0 Å². The van der Waals surface area contributed by atoms with Crippen LogP contribution in [0.15, 0.2) is 42.5 Å². The predicted octanol–water partition coefficient (Wildman–Crippen LogP) is 2.40. The lowest BCUT2D eigenvalue weighted by Gasteiger charge is -2.37. The molecule has 3 aliphatic heterocycles. The average molecular weight is 467 g/mol. The van der Waals surface area contributed by atoms with Gasteiger partial charge in [0.05, 0.1) is 19.0 Å². The van der Waals surface area contributed by atoms with Crippen LogP contribution in [0, 0.1) is 0 Å². The number of rotatable bonds is 6. The zero-order chi connectivity index (χ0) is 23.7. The summed E-state index contributed by atoms with van der Waals surface area (Å²) < 4.78 is 17.0. The number of benzene rings is 2. The predicted molar refractivity (Wildman–Crippen MR) is 126 cm³/mol. The molecule has 1 unspecified atom stereocenters. The van der Waals surface area contributed by atoms with Gasteiger partial charge in [-0.15, -0.1) is 0 Å². The van der Waals surface area contributed by atoms with E-state index in [-0.39, 0.29) is 18.6 Å². The monoisotopic (exact) mass is 466 g/mol. The van der Waals surface area contributed by atoms with Crippen LogP contribution in [0.1, 0.15) is 19.4 Å². The number of nitrogens with zero attached hydrogens (tertiary/aromatic N) is 3. The number of amides is 3. The van der Waals surface area contributed by atoms with E-state index in [0.29, 0.717) is 36.9 Å². The fraction of sp³-hybridized carbons (Fsp3) is 0.440. The fourth-order valence-electron chi connectivity index (χ4n) is 4.70. The molecule has 0 saturated carbocycles. The third kappa shape index (κ3) is 4.00. The molecular formula is C25H30N4O5. The van der Waals surface area contributed by atoms with Gasteiger partial charge in [0.2, 0.25) is 0 Å². The highest BCUT2D eigenvalue weighted by molar-refractivity contribution is 6.07. The molecule has 2 aromatic carbocycles. The van der Waals surface area contributed by atoms with E-state index in [0.717, 1.165) is 37.6 Å². The SMILES string of the molecule is CCOc1ccccc1N1CCN(CN2C(=O)NC(C)(c3ccc4c(c3)OCCO4)C2=O)CC1. The quantitative estimate of drug-likeness (QED) is 0.655. The van der Waals surface area contributed by atoms with Crippen LogP contribution in [-0.2, 0) is 10.3 Å². The van der Waals surface area contributed by atoms with Crippen LogP contribution in [0.3, 0.4) is 0 Å². The minimum absolute atomic E-state index is 0.256. The lowest BCUT2D eigenvalue weighted by atomic mass is 9.91. The maximum absolute atomic E-state index is 13.4. The molecule has 2 fully saturated rings. The number of urea groups is 1. The van der Waals surface area contributed by atoms with Gasteiger partial charge in [-0.1, -0.05) is 18.2 Å². The van der Waals surface area contributed by atoms with Crippen molar-refractivity contribution in [1.82, 2.24) is 15.1 Å². The largest absolute Gasteiger partial charge is 0.492 e. The second-order valence-electron chi connectivity index (χ2n) is 8.79. The lowest BCUT2D eigenvalue weighted by molar-refractivity contribution is -0.132. The maximum atomic E-state index is 13.4. The van der Waals surface area contributed by atoms with Crippen LogP contribution in [0.25, 0.3) is 0 Å². The molecule has 0 aromatic heterocycles. The molecule has 2 saturated heterocycles. The number of carbonyl (C=O) groups excluding carboxylic acids is 2. The fourth-order valence-corrected chi connectivity index (χ4v) is 4.70. The molecule has 0 aliphatic carbocycles. The van der Waals surface area contributed by atoms with Crippen LogP contribution in [0.5, 0.6) is 17.2 Å². The van der Waals surface area contributed by atoms with E-state index in [2.05, 4.69) is 21.2 Å². The van der Waals surface area contributed by atoms with Crippen molar-refractivity contribution in [1.29, 1.82) is 0 Å². The van der Waals surface area contributed by atoms with Crippen molar-refractivity contribution < 1.29 is 23.8 Å². The third-order valence-electron chi connectivity index (χ3n) is 6.61. The molecule has 5 rings (SSSR count). The van der Waals surface area contributed by atoms with Crippen LogP contribution in [0.4, 0.5) is 10.5 Å². The number of ether oxygens (including phenoxy) is 3. The number of nitrogens with one attached hydrogen (secondary N) is 1. The van der Waals surface area contributed by atoms with Crippen LogP contribution < -0.4 is 24.4 Å². The number of para-hydroxylation sites is 2. The Bertz CT molecular complexity index is 1080. The Morgan fingerprint density at radius 1 is 1.00 bits per heavy atom. The number of fused-ring (bicyclic) bond motifs is 1. The Hall–Kier alpha value is -3.46. The van der Waals surface area contributed by atoms with Gasteiger partial charge in [-0.3, -0.25) is 9.69 Å². The maximum Gasteiger partial charge on any atom is 0.326 e. The van der Waals surface area contributed by atoms with E-state index < -0.39 is 5.54 Å².